The van der Waals surface area contributed by atoms with Gasteiger partial charge in [-0.05, 0) is 48.6 Å². The lowest BCUT2D eigenvalue weighted by atomic mass is 10.2. The average molecular weight is 410 g/mol. The standard InChI is InChI=1S/C18H17Cl2N3O2S/c1-10(2)16(24)21-12-4-3-5-13(9-12)22-18(26)23-17(25)11-6-7-14(19)15(20)8-11/h3-10H,1-2H3,(H,21,24)(H2,22,23,25,26). The minimum Gasteiger partial charge on any atom is -0.332 e. The summed E-state index contributed by atoms with van der Waals surface area (Å²) in [6, 6.07) is 11.6. The van der Waals surface area contributed by atoms with Gasteiger partial charge in [-0.1, -0.05) is 43.1 Å². The van der Waals surface area contributed by atoms with Crippen LogP contribution in [0, 0.1) is 5.92 Å². The molecule has 0 heterocycles. The van der Waals surface area contributed by atoms with E-state index < -0.39 is 5.91 Å². The fourth-order valence-electron chi connectivity index (χ4n) is 1.94. The van der Waals surface area contributed by atoms with Crippen LogP contribution >= 0.6 is 35.4 Å². The molecule has 5 nitrogen and oxygen atoms in total. The predicted octanol–water partition coefficient (Wildman–Crippen LogP) is 4.71. The summed E-state index contributed by atoms with van der Waals surface area (Å²) in [5.74, 6) is -0.624. The van der Waals surface area contributed by atoms with E-state index in [1.54, 1.807) is 30.3 Å². The van der Waals surface area contributed by atoms with Crippen molar-refractivity contribution in [1.29, 1.82) is 0 Å². The Kier molecular flexibility index (Phi) is 6.97. The van der Waals surface area contributed by atoms with Gasteiger partial charge in [0.25, 0.3) is 5.91 Å². The Hall–Kier alpha value is -2.15. The lowest BCUT2D eigenvalue weighted by molar-refractivity contribution is -0.118. The summed E-state index contributed by atoms with van der Waals surface area (Å²) in [6.07, 6.45) is 0. The third kappa shape index (κ3) is 5.69. The van der Waals surface area contributed by atoms with Crippen LogP contribution in [-0.2, 0) is 4.79 Å². The number of amides is 2. The van der Waals surface area contributed by atoms with Crippen LogP contribution in [0.25, 0.3) is 0 Å². The van der Waals surface area contributed by atoms with Crippen molar-refractivity contribution in [1.82, 2.24) is 5.32 Å². The van der Waals surface area contributed by atoms with Crippen LogP contribution in [0.4, 0.5) is 11.4 Å². The molecule has 0 aliphatic rings. The fraction of sp³-hybridized carbons (Fsp3) is 0.167. The highest BCUT2D eigenvalue weighted by atomic mass is 35.5. The number of nitrogens with one attached hydrogen (secondary N) is 3. The number of thiocarbonyl (C=S) groups is 1. The van der Waals surface area contributed by atoms with Gasteiger partial charge in [0.05, 0.1) is 10.0 Å². The number of carbonyl (C=O) groups is 2. The minimum absolute atomic E-state index is 0.0855. The Morgan fingerprint density at radius 3 is 2.23 bits per heavy atom. The van der Waals surface area contributed by atoms with Crippen molar-refractivity contribution in [3.8, 4) is 0 Å². The molecule has 0 aliphatic carbocycles. The molecule has 0 atom stereocenters. The lowest BCUT2D eigenvalue weighted by Crippen LogP contribution is -2.34. The van der Waals surface area contributed by atoms with Gasteiger partial charge < -0.3 is 10.6 Å². The number of hydrogen-bond acceptors (Lipinski definition) is 3. The molecule has 3 N–H and O–H groups in total. The number of carbonyl (C=O) groups excluding carboxylic acids is 2. The average Bonchev–Trinajstić information content (AvgIpc) is 2.57. The molecule has 0 aromatic heterocycles. The van der Waals surface area contributed by atoms with Gasteiger partial charge in [0.1, 0.15) is 0 Å². The van der Waals surface area contributed by atoms with Gasteiger partial charge in [0.15, 0.2) is 5.11 Å². The summed E-state index contributed by atoms with van der Waals surface area (Å²) in [5, 5.41) is 9.03. The zero-order chi connectivity index (χ0) is 19.3. The molecule has 0 bridgehead atoms. The van der Waals surface area contributed by atoms with Crippen molar-refractivity contribution < 1.29 is 9.59 Å². The largest absolute Gasteiger partial charge is 0.332 e. The normalized spacial score (nSPS) is 10.3. The van der Waals surface area contributed by atoms with Crippen molar-refractivity contribution in [2.24, 2.45) is 5.92 Å². The van der Waals surface area contributed by atoms with Crippen LogP contribution < -0.4 is 16.0 Å². The van der Waals surface area contributed by atoms with E-state index in [0.717, 1.165) is 0 Å². The van der Waals surface area contributed by atoms with Gasteiger partial charge >= 0.3 is 0 Å². The highest BCUT2D eigenvalue weighted by Crippen LogP contribution is 2.22. The molecule has 0 radical (unpaired) electrons. The van der Waals surface area contributed by atoms with Crippen LogP contribution in [0.3, 0.4) is 0 Å². The van der Waals surface area contributed by atoms with Crippen LogP contribution in [0.15, 0.2) is 42.5 Å². The van der Waals surface area contributed by atoms with E-state index in [4.69, 9.17) is 35.4 Å². The van der Waals surface area contributed by atoms with Gasteiger partial charge in [-0.3, -0.25) is 14.9 Å². The topological polar surface area (TPSA) is 70.2 Å². The SMILES string of the molecule is CC(C)C(=O)Nc1cccc(NC(=S)NC(=O)c2ccc(Cl)c(Cl)c2)c1. The molecule has 0 saturated carbocycles. The smallest absolute Gasteiger partial charge is 0.257 e. The molecule has 2 amide bonds. The number of hydrogen-bond donors (Lipinski definition) is 3. The number of anilines is 2. The maximum Gasteiger partial charge on any atom is 0.257 e. The molecular weight excluding hydrogens is 393 g/mol. The first-order valence-electron chi connectivity index (χ1n) is 7.74. The van der Waals surface area contributed by atoms with Crippen molar-refractivity contribution in [3.05, 3.63) is 58.1 Å². The first-order valence-corrected chi connectivity index (χ1v) is 8.91. The van der Waals surface area contributed by atoms with Crippen molar-refractivity contribution >= 4 is 63.7 Å². The van der Waals surface area contributed by atoms with E-state index in [0.29, 0.717) is 22.0 Å². The molecule has 136 valence electrons. The summed E-state index contributed by atoms with van der Waals surface area (Å²) < 4.78 is 0. The Bertz CT molecular complexity index is 856. The summed E-state index contributed by atoms with van der Waals surface area (Å²) in [7, 11) is 0. The maximum absolute atomic E-state index is 12.2. The minimum atomic E-state index is -0.412. The first kappa shape index (κ1) is 20.2. The summed E-state index contributed by atoms with van der Waals surface area (Å²) in [5.41, 5.74) is 1.60. The summed E-state index contributed by atoms with van der Waals surface area (Å²) >= 11 is 16.9. The van der Waals surface area contributed by atoms with E-state index >= 15 is 0 Å². The molecule has 8 heteroatoms. The molecule has 0 aliphatic heterocycles. The van der Waals surface area contributed by atoms with Gasteiger partial charge in [-0.15, -0.1) is 0 Å². The Morgan fingerprint density at radius 2 is 1.62 bits per heavy atom. The molecule has 2 aromatic carbocycles. The Balaban J connectivity index is 2.00. The van der Waals surface area contributed by atoms with Crippen LogP contribution in [0.2, 0.25) is 10.0 Å². The molecule has 0 unspecified atom stereocenters. The fourth-order valence-corrected chi connectivity index (χ4v) is 2.44. The molecule has 0 spiro atoms. The second kappa shape index (κ2) is 8.98. The number of rotatable bonds is 4. The van der Waals surface area contributed by atoms with Crippen molar-refractivity contribution in [2.45, 2.75) is 13.8 Å². The van der Waals surface area contributed by atoms with E-state index in [-0.39, 0.29) is 22.0 Å². The Morgan fingerprint density at radius 1 is 0.962 bits per heavy atom. The molecule has 0 saturated heterocycles. The second-order valence-electron chi connectivity index (χ2n) is 5.76. The third-order valence-corrected chi connectivity index (χ3v) is 4.26. The van der Waals surface area contributed by atoms with Crippen molar-refractivity contribution in [2.75, 3.05) is 10.6 Å². The zero-order valence-electron chi connectivity index (χ0n) is 14.1. The quantitative estimate of drug-likeness (QED) is 0.639. The lowest BCUT2D eigenvalue weighted by Gasteiger charge is -2.12. The first-order chi connectivity index (χ1) is 12.3. The van der Waals surface area contributed by atoms with Gasteiger partial charge in [-0.25, -0.2) is 0 Å². The molecule has 0 fully saturated rings. The van der Waals surface area contributed by atoms with Crippen LogP contribution in [-0.4, -0.2) is 16.9 Å². The van der Waals surface area contributed by atoms with E-state index in [1.165, 1.54) is 12.1 Å². The maximum atomic E-state index is 12.2. The van der Waals surface area contributed by atoms with Gasteiger partial charge in [0.2, 0.25) is 5.91 Å². The molecule has 2 rings (SSSR count). The van der Waals surface area contributed by atoms with E-state index in [2.05, 4.69) is 16.0 Å². The molecule has 2 aromatic rings. The summed E-state index contributed by atoms with van der Waals surface area (Å²) in [4.78, 5) is 24.0. The van der Waals surface area contributed by atoms with Crippen LogP contribution in [0.5, 0.6) is 0 Å². The number of benzene rings is 2. The van der Waals surface area contributed by atoms with Gasteiger partial charge in [0, 0.05) is 22.9 Å². The zero-order valence-corrected chi connectivity index (χ0v) is 16.4. The van der Waals surface area contributed by atoms with E-state index in [1.807, 2.05) is 13.8 Å². The van der Waals surface area contributed by atoms with Crippen molar-refractivity contribution in [3.63, 3.8) is 0 Å². The summed E-state index contributed by atoms with van der Waals surface area (Å²) in [6.45, 7) is 3.62. The Labute approximate surface area is 167 Å². The van der Waals surface area contributed by atoms with Crippen LogP contribution in [0.1, 0.15) is 24.2 Å². The monoisotopic (exact) mass is 409 g/mol. The molecular formula is C18H17Cl2N3O2S. The predicted molar refractivity (Wildman–Crippen MR) is 110 cm³/mol. The van der Waals surface area contributed by atoms with Gasteiger partial charge in [-0.2, -0.15) is 0 Å². The van der Waals surface area contributed by atoms with E-state index in [9.17, 15) is 9.59 Å². The molecule has 26 heavy (non-hydrogen) atoms. The number of halogens is 2. The highest BCUT2D eigenvalue weighted by Gasteiger charge is 2.11. The highest BCUT2D eigenvalue weighted by molar-refractivity contribution is 7.80. The second-order valence-corrected chi connectivity index (χ2v) is 6.98. The third-order valence-electron chi connectivity index (χ3n) is 3.32.